The molecule has 2 atom stereocenters. The Labute approximate surface area is 608 Å². The summed E-state index contributed by atoms with van der Waals surface area (Å²) < 4.78 is 133. The maximum atomic E-state index is 16.8. The molecule has 4 aromatic heterocycles. The van der Waals surface area contributed by atoms with Gasteiger partial charge in [0.25, 0.3) is 0 Å². The Morgan fingerprint density at radius 3 is 1.47 bits per heavy atom. The molecule has 30 heteroatoms. The number of piperazine rings is 2. The zero-order chi connectivity index (χ0) is 70.7. The molecule has 0 saturated carbocycles. The molecular weight excluding hydrogens is 1340 g/mol. The Morgan fingerprint density at radius 2 is 1.05 bits per heavy atom. The van der Waals surface area contributed by atoms with Crippen molar-refractivity contribution in [3.8, 4) is 45.5 Å². The Morgan fingerprint density at radius 1 is 0.622 bits per heavy atom. The second-order valence-electron chi connectivity index (χ2n) is 26.4. The van der Waals surface area contributed by atoms with E-state index in [9.17, 15) is 36.5 Å². The summed E-state index contributed by atoms with van der Waals surface area (Å²) in [6, 6.07) is 12.9. The molecule has 4 aliphatic rings. The molecule has 0 unspecified atom stereocenters. The summed E-state index contributed by atoms with van der Waals surface area (Å²) in [5.74, 6) is -3.64. The number of carbonyl (C=O) groups excluding carboxylic acids is 2. The molecule has 98 heavy (non-hydrogen) atoms. The van der Waals surface area contributed by atoms with Crippen molar-refractivity contribution in [2.45, 2.75) is 118 Å². The summed E-state index contributed by atoms with van der Waals surface area (Å²) in [6.45, 7) is 18.9. The first-order chi connectivity index (χ1) is 45.6. The number of aromatic nitrogens is 6. The number of nitrogens with zero attached hydrogens (tertiary/aromatic N) is 10. The van der Waals surface area contributed by atoms with Crippen molar-refractivity contribution in [1.29, 1.82) is 0 Å². The average molecular weight is 1410 g/mol. The van der Waals surface area contributed by atoms with Crippen molar-refractivity contribution in [2.75, 3.05) is 76.5 Å². The molecule has 0 N–H and O–H groups in total. The van der Waals surface area contributed by atoms with Gasteiger partial charge in [0.2, 0.25) is 0 Å². The minimum Gasteiger partial charge on any atom is -0.500 e. The molecule has 0 aliphatic carbocycles. The molecule has 2 amide bonds. The van der Waals surface area contributed by atoms with Gasteiger partial charge in [0.15, 0.2) is 23.1 Å². The van der Waals surface area contributed by atoms with E-state index in [1.54, 1.807) is 55.1 Å². The Kier molecular flexibility index (Phi) is 22.2. The number of hydrogen-bond acceptors (Lipinski definition) is 16. The summed E-state index contributed by atoms with van der Waals surface area (Å²) in [5, 5.41) is 0.459. The number of carbonyl (C=O) groups is 2. The van der Waals surface area contributed by atoms with E-state index in [-0.39, 0.29) is 146 Å². The third-order valence-corrected chi connectivity index (χ3v) is 16.9. The van der Waals surface area contributed by atoms with Crippen LogP contribution in [-0.2, 0) is 9.47 Å². The third-order valence-electron chi connectivity index (χ3n) is 16.6. The van der Waals surface area contributed by atoms with Crippen LogP contribution in [0, 0.1) is 37.1 Å². The number of hydrogen-bond donors (Lipinski definition) is 0. The van der Waals surface area contributed by atoms with Crippen LogP contribution >= 0.6 is 11.6 Å². The molecule has 0 bridgehead atoms. The molecule has 0 spiro atoms. The summed E-state index contributed by atoms with van der Waals surface area (Å²) in [4.78, 5) is 78.7. The van der Waals surface area contributed by atoms with Crippen molar-refractivity contribution in [1.82, 2.24) is 38.9 Å². The van der Waals surface area contributed by atoms with Crippen molar-refractivity contribution in [2.24, 2.45) is 0 Å². The SMILES string of the molecule is COc1cccc(F)c1-c1cc2c3c(nc(=O)n2-c2c(C)ccnc2C(C)C)N2CCN(C(=O)OC(C)(C)C)C[C@H]2COc3c1F.COc1cccc(F)c1[B-](F)(F)F.Cc1ccnc(C(C)C)c1-n1c(=O)nc2c3c(c(F)c(Cl)cc31)OC[C@@H]1CN(C(=O)OC(C)(C)C)CCN21.[K+]. The van der Waals surface area contributed by atoms with Gasteiger partial charge in [-0.25, -0.2) is 36.7 Å². The predicted molar refractivity (Wildman–Crippen MR) is 355 cm³/mol. The molecule has 8 heterocycles. The van der Waals surface area contributed by atoms with Gasteiger partial charge < -0.3 is 61.0 Å². The Balaban J connectivity index is 0.000000194. The van der Waals surface area contributed by atoms with E-state index in [0.29, 0.717) is 65.7 Å². The summed E-state index contributed by atoms with van der Waals surface area (Å²) in [7, 11) is 2.45. The first-order valence-corrected chi connectivity index (χ1v) is 31.8. The van der Waals surface area contributed by atoms with E-state index in [1.165, 1.54) is 46.6 Å². The van der Waals surface area contributed by atoms with E-state index >= 15 is 13.2 Å². The Bertz CT molecular complexity index is 4530. The normalized spacial score (nSPS) is 15.9. The first kappa shape index (κ1) is 74.5. The van der Waals surface area contributed by atoms with E-state index in [4.69, 9.17) is 35.3 Å². The zero-order valence-corrected chi connectivity index (χ0v) is 60.9. The van der Waals surface area contributed by atoms with E-state index in [0.717, 1.165) is 30.4 Å². The smallest absolute Gasteiger partial charge is 0.500 e. The van der Waals surface area contributed by atoms with Crippen LogP contribution in [0.15, 0.2) is 82.6 Å². The number of anilines is 2. The number of amides is 2. The summed E-state index contributed by atoms with van der Waals surface area (Å²) in [6.07, 6.45) is 2.47. The molecule has 0 radical (unpaired) electrons. The summed E-state index contributed by atoms with van der Waals surface area (Å²) >= 11 is 6.34. The van der Waals surface area contributed by atoms with Crippen LogP contribution in [0.5, 0.6) is 23.0 Å². The van der Waals surface area contributed by atoms with Crippen molar-refractivity contribution in [3.63, 3.8) is 0 Å². The minimum atomic E-state index is -5.36. The fourth-order valence-electron chi connectivity index (χ4n) is 12.3. The third kappa shape index (κ3) is 14.9. The molecule has 4 aliphatic heterocycles. The monoisotopic (exact) mass is 1410 g/mol. The predicted octanol–water partition coefficient (Wildman–Crippen LogP) is 9.70. The molecule has 12 rings (SSSR count). The fraction of sp³-hybridized carbons (Fsp3) is 0.412. The van der Waals surface area contributed by atoms with Crippen molar-refractivity contribution < 1.29 is 120 Å². The van der Waals surface area contributed by atoms with Crippen LogP contribution in [0.2, 0.25) is 5.02 Å². The molecule has 4 aromatic carbocycles. The largest absolute Gasteiger partial charge is 1.00 e. The molecule has 2 saturated heterocycles. The number of fused-ring (bicyclic) bond motifs is 4. The van der Waals surface area contributed by atoms with Gasteiger partial charge in [0, 0.05) is 57.2 Å². The van der Waals surface area contributed by atoms with Gasteiger partial charge in [-0.05, 0) is 132 Å². The van der Waals surface area contributed by atoms with Gasteiger partial charge in [-0.3, -0.25) is 19.1 Å². The first-order valence-electron chi connectivity index (χ1n) is 31.4. The number of ether oxygens (including phenoxy) is 6. The molecule has 516 valence electrons. The van der Waals surface area contributed by atoms with Gasteiger partial charge in [0.05, 0.1) is 93.0 Å². The van der Waals surface area contributed by atoms with Crippen LogP contribution in [-0.4, -0.2) is 148 Å². The fourth-order valence-corrected chi connectivity index (χ4v) is 12.5. The summed E-state index contributed by atoms with van der Waals surface area (Å²) in [5.41, 5.74) is 0.702. The van der Waals surface area contributed by atoms with Gasteiger partial charge >= 0.3 is 81.9 Å². The molecule has 20 nitrogen and oxygen atoms in total. The number of halogens is 8. The topological polar surface area (TPSA) is 198 Å². The van der Waals surface area contributed by atoms with Crippen molar-refractivity contribution >= 4 is 69.7 Å². The minimum absolute atomic E-state index is 0. The number of pyridine rings is 2. The quantitative estimate of drug-likeness (QED) is 0.103. The van der Waals surface area contributed by atoms with Crippen LogP contribution in [0.25, 0.3) is 44.3 Å². The van der Waals surface area contributed by atoms with Gasteiger partial charge in [-0.2, -0.15) is 9.97 Å². The zero-order valence-electron chi connectivity index (χ0n) is 57.1. The second kappa shape index (κ2) is 29.2. The van der Waals surface area contributed by atoms with Crippen molar-refractivity contribution in [3.05, 3.63) is 145 Å². The van der Waals surface area contributed by atoms with E-state index in [2.05, 4.69) is 24.7 Å². The van der Waals surface area contributed by atoms with Gasteiger partial charge in [-0.15, -0.1) is 0 Å². The molecule has 2 fully saturated rings. The van der Waals surface area contributed by atoms with Crippen LogP contribution in [0.1, 0.15) is 104 Å². The molecule has 8 aromatic rings. The maximum Gasteiger partial charge on any atom is 1.00 e. The maximum absolute atomic E-state index is 16.8. The Hall–Kier alpha value is -7.70. The van der Waals surface area contributed by atoms with Crippen LogP contribution in [0.4, 0.5) is 51.7 Å². The van der Waals surface area contributed by atoms with E-state index in [1.807, 2.05) is 78.2 Å². The van der Waals surface area contributed by atoms with E-state index < -0.39 is 82.3 Å². The van der Waals surface area contributed by atoms with Gasteiger partial charge in [-0.1, -0.05) is 51.4 Å². The van der Waals surface area contributed by atoms with Crippen LogP contribution in [0.3, 0.4) is 0 Å². The number of benzene rings is 4. The van der Waals surface area contributed by atoms with Gasteiger partial charge in [0.1, 0.15) is 47.6 Å². The number of aryl methyl sites for hydroxylation is 2. The standard InChI is InChI=1S/C34H37F2N5O5.C27H31ClFN5O4.C7H6BF4O.K/c1-18(2)28-29(19(3)11-12-37-28)41-23-15-21(25-22(35)9-8-10-24(25)44-7)27(36)30-26(23)31(38-32(41)42)40-14-13-39(16-20(40)17-45-30)33(43)46-34(4,5)6;1-14(2)21-22(15(3)7-8-30-21)34-18-11-17(28)20(29)23-19(18)24(31-25(34)35)33-10-9-32(12-16(33)13-37-23)26(36)38-27(4,5)6;1-13-6-4-2-3-5(9)7(6)8(10,11)12;/h8-12,15,18,20H,13-14,16-17H2,1-7H3;7-8,11,14,16H,9-10,12-13H2,1-6H3;2-4H,1H3;/q;;-1;+1/t20-;16-;;/m00../s1. The number of methoxy groups -OCH3 is 2. The molecular formula is C68H74BClF7KN10O10. The second-order valence-corrected chi connectivity index (χ2v) is 26.8. The average Bonchev–Trinajstić information content (AvgIpc) is 1.23. The van der Waals surface area contributed by atoms with Crippen LogP contribution < -0.4 is 97.0 Å². The number of rotatable bonds is 8.